The standard InChI is InChI=1S/C19H29N3O3S/c1-15-11-16(2)13-21(12-15)14-19(23)20-17-5-7-18(8-6-17)26(24,25)22-9-3-4-10-22/h5-8,15-16H,3-4,9-14H2,1-2H3,(H,20,23). The lowest BCUT2D eigenvalue weighted by Crippen LogP contribution is -2.42. The maximum absolute atomic E-state index is 12.5. The van der Waals surface area contributed by atoms with Gasteiger partial charge in [-0.25, -0.2) is 8.42 Å². The van der Waals surface area contributed by atoms with Gasteiger partial charge < -0.3 is 5.32 Å². The molecule has 7 heteroatoms. The molecule has 0 aliphatic carbocycles. The number of piperidine rings is 1. The minimum Gasteiger partial charge on any atom is -0.325 e. The van der Waals surface area contributed by atoms with Crippen LogP contribution in [0.5, 0.6) is 0 Å². The van der Waals surface area contributed by atoms with Crippen molar-refractivity contribution in [3.63, 3.8) is 0 Å². The average molecular weight is 380 g/mol. The van der Waals surface area contributed by atoms with Crippen molar-refractivity contribution in [2.45, 2.75) is 38.0 Å². The third-order valence-corrected chi connectivity index (χ3v) is 7.07. The maximum atomic E-state index is 12.5. The van der Waals surface area contributed by atoms with Gasteiger partial charge in [-0.3, -0.25) is 9.69 Å². The van der Waals surface area contributed by atoms with Gasteiger partial charge in [-0.2, -0.15) is 4.31 Å². The van der Waals surface area contributed by atoms with Crippen molar-refractivity contribution in [3.8, 4) is 0 Å². The number of carbonyl (C=O) groups is 1. The fourth-order valence-corrected chi connectivity index (χ4v) is 5.63. The van der Waals surface area contributed by atoms with Gasteiger partial charge in [-0.1, -0.05) is 13.8 Å². The maximum Gasteiger partial charge on any atom is 0.243 e. The van der Waals surface area contributed by atoms with E-state index < -0.39 is 10.0 Å². The lowest BCUT2D eigenvalue weighted by Gasteiger charge is -2.34. The molecule has 0 radical (unpaired) electrons. The Balaban J connectivity index is 1.58. The summed E-state index contributed by atoms with van der Waals surface area (Å²) in [6.45, 7) is 7.90. The van der Waals surface area contributed by atoms with Crippen LogP contribution in [0.1, 0.15) is 33.1 Å². The molecule has 6 nitrogen and oxygen atoms in total. The smallest absolute Gasteiger partial charge is 0.243 e. The van der Waals surface area contributed by atoms with Gasteiger partial charge in [0, 0.05) is 31.9 Å². The van der Waals surface area contributed by atoms with Crippen LogP contribution < -0.4 is 5.32 Å². The van der Waals surface area contributed by atoms with Crippen molar-refractivity contribution >= 4 is 21.6 Å². The summed E-state index contributed by atoms with van der Waals surface area (Å²) >= 11 is 0. The molecular formula is C19H29N3O3S. The van der Waals surface area contributed by atoms with Crippen LogP contribution in [0, 0.1) is 11.8 Å². The molecule has 0 bridgehead atoms. The minimum atomic E-state index is -3.41. The monoisotopic (exact) mass is 379 g/mol. The van der Waals surface area contributed by atoms with Crippen LogP contribution in [0.3, 0.4) is 0 Å². The number of benzene rings is 1. The second kappa shape index (κ2) is 8.06. The summed E-state index contributed by atoms with van der Waals surface area (Å²) in [6, 6.07) is 6.49. The zero-order valence-electron chi connectivity index (χ0n) is 15.6. The van der Waals surface area contributed by atoms with Crippen molar-refractivity contribution in [2.75, 3.05) is 38.0 Å². The number of amides is 1. The molecule has 2 unspecified atom stereocenters. The predicted molar refractivity (Wildman–Crippen MR) is 102 cm³/mol. The Hall–Kier alpha value is -1.44. The van der Waals surface area contributed by atoms with Gasteiger partial charge in [0.05, 0.1) is 11.4 Å². The van der Waals surface area contributed by atoms with Gasteiger partial charge in [-0.15, -0.1) is 0 Å². The molecule has 2 fully saturated rings. The summed E-state index contributed by atoms with van der Waals surface area (Å²) < 4.78 is 26.6. The molecular weight excluding hydrogens is 350 g/mol. The first-order valence-corrected chi connectivity index (χ1v) is 10.9. The van der Waals surface area contributed by atoms with Gasteiger partial charge in [0.1, 0.15) is 0 Å². The van der Waals surface area contributed by atoms with Crippen molar-refractivity contribution < 1.29 is 13.2 Å². The number of hydrogen-bond donors (Lipinski definition) is 1. The minimum absolute atomic E-state index is 0.0542. The highest BCUT2D eigenvalue weighted by atomic mass is 32.2. The van der Waals surface area contributed by atoms with Crippen molar-refractivity contribution in [3.05, 3.63) is 24.3 Å². The van der Waals surface area contributed by atoms with Crippen LogP contribution in [0.2, 0.25) is 0 Å². The molecule has 0 aromatic heterocycles. The molecule has 1 aromatic carbocycles. The lowest BCUT2D eigenvalue weighted by molar-refractivity contribution is -0.117. The fourth-order valence-electron chi connectivity index (χ4n) is 4.11. The van der Waals surface area contributed by atoms with E-state index in [2.05, 4.69) is 24.1 Å². The van der Waals surface area contributed by atoms with E-state index in [1.54, 1.807) is 24.3 Å². The third kappa shape index (κ3) is 4.64. The number of likely N-dealkylation sites (tertiary alicyclic amines) is 1. The molecule has 0 saturated carbocycles. The zero-order valence-corrected chi connectivity index (χ0v) is 16.5. The van der Waals surface area contributed by atoms with Crippen LogP contribution in [0.15, 0.2) is 29.2 Å². The number of anilines is 1. The number of nitrogens with one attached hydrogen (secondary N) is 1. The summed E-state index contributed by atoms with van der Waals surface area (Å²) in [5.41, 5.74) is 0.633. The molecule has 1 amide bonds. The van der Waals surface area contributed by atoms with Crippen LogP contribution in [0.4, 0.5) is 5.69 Å². The molecule has 144 valence electrons. The Kier molecular flexibility index (Phi) is 5.99. The zero-order chi connectivity index (χ0) is 18.7. The summed E-state index contributed by atoms with van der Waals surface area (Å²) in [5.74, 6) is 1.17. The molecule has 1 aromatic rings. The Morgan fingerprint density at radius 1 is 1.08 bits per heavy atom. The average Bonchev–Trinajstić information content (AvgIpc) is 3.09. The molecule has 2 aliphatic rings. The SMILES string of the molecule is CC1CC(C)CN(CC(=O)Nc2ccc(S(=O)(=O)N3CCCC3)cc2)C1. The summed E-state index contributed by atoms with van der Waals surface area (Å²) in [7, 11) is -3.41. The topological polar surface area (TPSA) is 69.7 Å². The fraction of sp³-hybridized carbons (Fsp3) is 0.632. The van der Waals surface area contributed by atoms with Gasteiger partial charge in [0.2, 0.25) is 15.9 Å². The van der Waals surface area contributed by atoms with E-state index in [4.69, 9.17) is 0 Å². The number of carbonyl (C=O) groups excluding carboxylic acids is 1. The summed E-state index contributed by atoms with van der Waals surface area (Å²) in [4.78, 5) is 14.8. The Morgan fingerprint density at radius 2 is 1.65 bits per heavy atom. The number of hydrogen-bond acceptors (Lipinski definition) is 4. The van der Waals surface area contributed by atoms with E-state index in [9.17, 15) is 13.2 Å². The second-order valence-electron chi connectivity index (χ2n) is 7.82. The van der Waals surface area contributed by atoms with Gasteiger partial charge in [0.15, 0.2) is 0 Å². The normalized spacial score (nSPS) is 25.3. The molecule has 2 heterocycles. The quantitative estimate of drug-likeness (QED) is 0.853. The van der Waals surface area contributed by atoms with Crippen LogP contribution in [-0.4, -0.2) is 56.3 Å². The molecule has 2 atom stereocenters. The number of sulfonamides is 1. The Labute approximate surface area is 156 Å². The highest BCUT2D eigenvalue weighted by Crippen LogP contribution is 2.23. The molecule has 2 aliphatic heterocycles. The first-order chi connectivity index (χ1) is 12.3. The van der Waals surface area contributed by atoms with Crippen molar-refractivity contribution in [1.29, 1.82) is 0 Å². The molecule has 0 spiro atoms. The second-order valence-corrected chi connectivity index (χ2v) is 9.76. The van der Waals surface area contributed by atoms with Crippen molar-refractivity contribution in [1.82, 2.24) is 9.21 Å². The number of rotatable bonds is 5. The summed E-state index contributed by atoms with van der Waals surface area (Å²) in [6.07, 6.45) is 3.05. The van der Waals surface area contributed by atoms with E-state index in [0.29, 0.717) is 37.2 Å². The lowest BCUT2D eigenvalue weighted by atomic mass is 9.92. The highest BCUT2D eigenvalue weighted by molar-refractivity contribution is 7.89. The van der Waals surface area contributed by atoms with Gasteiger partial charge in [0.25, 0.3) is 0 Å². The predicted octanol–water partition coefficient (Wildman–Crippen LogP) is 2.39. The molecule has 2 saturated heterocycles. The Bertz CT molecular complexity index is 717. The van der Waals surface area contributed by atoms with Crippen LogP contribution in [-0.2, 0) is 14.8 Å². The van der Waals surface area contributed by atoms with Crippen LogP contribution in [0.25, 0.3) is 0 Å². The van der Waals surface area contributed by atoms with Crippen molar-refractivity contribution in [2.24, 2.45) is 11.8 Å². The Morgan fingerprint density at radius 3 is 2.23 bits per heavy atom. The van der Waals surface area contributed by atoms with E-state index >= 15 is 0 Å². The van der Waals surface area contributed by atoms with Crippen LogP contribution >= 0.6 is 0 Å². The van der Waals surface area contributed by atoms with E-state index in [0.717, 1.165) is 25.9 Å². The molecule has 26 heavy (non-hydrogen) atoms. The van der Waals surface area contributed by atoms with Gasteiger partial charge in [-0.05, 0) is 55.4 Å². The third-order valence-electron chi connectivity index (χ3n) is 5.15. The molecule has 1 N–H and O–H groups in total. The van der Waals surface area contributed by atoms with E-state index in [1.807, 2.05) is 0 Å². The summed E-state index contributed by atoms with van der Waals surface area (Å²) in [5, 5.41) is 2.88. The molecule has 3 rings (SSSR count). The van der Waals surface area contributed by atoms with Gasteiger partial charge >= 0.3 is 0 Å². The highest BCUT2D eigenvalue weighted by Gasteiger charge is 2.27. The van der Waals surface area contributed by atoms with E-state index in [1.165, 1.54) is 10.7 Å². The first kappa shape index (κ1) is 19.3. The first-order valence-electron chi connectivity index (χ1n) is 9.47. The largest absolute Gasteiger partial charge is 0.325 e. The number of nitrogens with zero attached hydrogens (tertiary/aromatic N) is 2. The van der Waals surface area contributed by atoms with E-state index in [-0.39, 0.29) is 10.8 Å².